The van der Waals surface area contributed by atoms with Gasteiger partial charge in [0.25, 0.3) is 0 Å². The number of hydrogen-bond acceptors (Lipinski definition) is 6. The molecule has 1 saturated heterocycles. The van der Waals surface area contributed by atoms with Crippen molar-refractivity contribution in [3.63, 3.8) is 0 Å². The Balaban J connectivity index is 1.93. The zero-order valence-corrected chi connectivity index (χ0v) is 19.3. The molecule has 164 valence electrons. The maximum Gasteiger partial charge on any atom is 0.210 e. The van der Waals surface area contributed by atoms with Crippen molar-refractivity contribution in [2.45, 2.75) is 29.6 Å². The van der Waals surface area contributed by atoms with Crippen LogP contribution in [0, 0.1) is 5.92 Å². The Morgan fingerprint density at radius 2 is 1.74 bits per heavy atom. The van der Waals surface area contributed by atoms with Gasteiger partial charge in [-0.1, -0.05) is 18.5 Å². The fraction of sp³-hybridized carbons (Fsp3) is 0.348. The largest absolute Gasteiger partial charge is 0.493 e. The second-order valence-corrected chi connectivity index (χ2v) is 10.2. The van der Waals surface area contributed by atoms with Crippen LogP contribution in [-0.2, 0) is 9.84 Å². The third-order valence-corrected chi connectivity index (χ3v) is 7.81. The molecule has 1 aliphatic rings. The highest BCUT2D eigenvalue weighted by Gasteiger charge is 2.29. The number of nitrogens with zero attached hydrogens (tertiary/aromatic N) is 2. The first-order valence-electron chi connectivity index (χ1n) is 10.2. The van der Waals surface area contributed by atoms with E-state index in [1.807, 2.05) is 6.07 Å². The number of pyridine rings is 1. The van der Waals surface area contributed by atoms with E-state index in [0.717, 1.165) is 31.3 Å². The number of piperidine rings is 1. The Labute approximate surface area is 187 Å². The minimum atomic E-state index is -3.88. The number of anilines is 1. The molecule has 1 aliphatic heterocycles. The fourth-order valence-electron chi connectivity index (χ4n) is 4.00. The molecule has 2 aromatic carbocycles. The average Bonchev–Trinajstić information content (AvgIpc) is 2.78. The van der Waals surface area contributed by atoms with Crippen LogP contribution in [0.5, 0.6) is 11.5 Å². The molecule has 0 aliphatic carbocycles. The van der Waals surface area contributed by atoms with Gasteiger partial charge in [0, 0.05) is 35.8 Å². The Morgan fingerprint density at radius 3 is 2.42 bits per heavy atom. The first-order chi connectivity index (χ1) is 14.8. The van der Waals surface area contributed by atoms with Crippen LogP contribution in [0.15, 0.2) is 52.4 Å². The van der Waals surface area contributed by atoms with E-state index in [0.29, 0.717) is 33.6 Å². The summed E-state index contributed by atoms with van der Waals surface area (Å²) in [5.74, 6) is 1.43. The maximum atomic E-state index is 13.8. The van der Waals surface area contributed by atoms with Crippen molar-refractivity contribution in [3.05, 3.63) is 47.6 Å². The first kappa shape index (κ1) is 21.7. The smallest absolute Gasteiger partial charge is 0.210 e. The predicted octanol–water partition coefficient (Wildman–Crippen LogP) is 4.97. The molecule has 1 fully saturated rings. The van der Waals surface area contributed by atoms with Crippen LogP contribution in [-0.4, -0.2) is 40.7 Å². The minimum absolute atomic E-state index is 0.125. The fourth-order valence-corrected chi connectivity index (χ4v) is 5.62. The van der Waals surface area contributed by atoms with Crippen LogP contribution < -0.4 is 14.4 Å². The molecule has 0 amide bonds. The summed E-state index contributed by atoms with van der Waals surface area (Å²) in [6, 6.07) is 9.99. The van der Waals surface area contributed by atoms with E-state index < -0.39 is 9.84 Å². The number of rotatable bonds is 5. The number of benzene rings is 2. The van der Waals surface area contributed by atoms with Gasteiger partial charge in [0.15, 0.2) is 11.5 Å². The lowest BCUT2D eigenvalue weighted by Crippen LogP contribution is -2.34. The van der Waals surface area contributed by atoms with Crippen LogP contribution in [0.4, 0.5) is 5.69 Å². The number of ether oxygens (including phenoxy) is 2. The van der Waals surface area contributed by atoms with Crippen molar-refractivity contribution in [2.75, 3.05) is 32.2 Å². The van der Waals surface area contributed by atoms with Crippen molar-refractivity contribution < 1.29 is 17.9 Å². The second-order valence-electron chi connectivity index (χ2n) is 7.82. The number of fused-ring (bicyclic) bond motifs is 1. The van der Waals surface area contributed by atoms with Crippen LogP contribution in [0.25, 0.3) is 10.9 Å². The Hall–Kier alpha value is -2.51. The van der Waals surface area contributed by atoms with Crippen LogP contribution in [0.2, 0.25) is 5.02 Å². The zero-order chi connectivity index (χ0) is 22.2. The normalized spacial score (nSPS) is 15.3. The summed E-state index contributed by atoms with van der Waals surface area (Å²) in [6.45, 7) is 3.78. The standard InChI is InChI=1S/C23H25ClN2O4S/c1-15-8-10-26(11-9-15)23-18-12-16(24)4-6-19(18)25-14-22(23)31(27,28)17-5-7-20(29-2)21(13-17)30-3/h4-7,12-15H,8-11H2,1-3H3. The molecule has 31 heavy (non-hydrogen) atoms. The number of methoxy groups -OCH3 is 2. The van der Waals surface area contributed by atoms with E-state index in [1.165, 1.54) is 32.5 Å². The van der Waals surface area contributed by atoms with E-state index in [-0.39, 0.29) is 9.79 Å². The Kier molecular flexibility index (Phi) is 5.99. The quantitative estimate of drug-likeness (QED) is 0.535. The van der Waals surface area contributed by atoms with E-state index >= 15 is 0 Å². The Bertz CT molecular complexity index is 1220. The summed E-state index contributed by atoms with van der Waals surface area (Å²) in [5, 5.41) is 1.28. The summed E-state index contributed by atoms with van der Waals surface area (Å²) in [6.07, 6.45) is 3.45. The summed E-state index contributed by atoms with van der Waals surface area (Å²) < 4.78 is 38.1. The third-order valence-electron chi connectivity index (χ3n) is 5.82. The second kappa shape index (κ2) is 8.55. The molecular weight excluding hydrogens is 436 g/mol. The molecule has 0 radical (unpaired) electrons. The van der Waals surface area contributed by atoms with Crippen molar-refractivity contribution in [1.29, 1.82) is 0 Å². The van der Waals surface area contributed by atoms with E-state index in [2.05, 4.69) is 16.8 Å². The molecule has 0 unspecified atom stereocenters. The average molecular weight is 461 g/mol. The highest BCUT2D eigenvalue weighted by atomic mass is 35.5. The lowest BCUT2D eigenvalue weighted by atomic mass is 9.98. The molecule has 0 atom stereocenters. The monoisotopic (exact) mass is 460 g/mol. The molecule has 1 aromatic heterocycles. The third kappa shape index (κ3) is 4.04. The van der Waals surface area contributed by atoms with Crippen molar-refractivity contribution >= 4 is 38.0 Å². The summed E-state index contributed by atoms with van der Waals surface area (Å²) in [4.78, 5) is 6.88. The van der Waals surface area contributed by atoms with Crippen molar-refractivity contribution in [1.82, 2.24) is 4.98 Å². The van der Waals surface area contributed by atoms with Gasteiger partial charge in [-0.3, -0.25) is 4.98 Å². The van der Waals surface area contributed by atoms with Gasteiger partial charge >= 0.3 is 0 Å². The molecule has 0 saturated carbocycles. The highest BCUT2D eigenvalue weighted by molar-refractivity contribution is 7.91. The molecular formula is C23H25ClN2O4S. The van der Waals surface area contributed by atoms with Gasteiger partial charge in [-0.2, -0.15) is 0 Å². The summed E-state index contributed by atoms with van der Waals surface area (Å²) in [5.41, 5.74) is 1.37. The van der Waals surface area contributed by atoms with Crippen LogP contribution in [0.3, 0.4) is 0 Å². The van der Waals surface area contributed by atoms with Gasteiger partial charge in [0.1, 0.15) is 4.90 Å². The number of hydrogen-bond donors (Lipinski definition) is 0. The lowest BCUT2D eigenvalue weighted by Gasteiger charge is -2.34. The van der Waals surface area contributed by atoms with Gasteiger partial charge in [-0.05, 0) is 49.1 Å². The minimum Gasteiger partial charge on any atom is -0.493 e. The van der Waals surface area contributed by atoms with Crippen LogP contribution in [0.1, 0.15) is 19.8 Å². The molecule has 0 bridgehead atoms. The number of halogens is 1. The maximum absolute atomic E-state index is 13.8. The van der Waals surface area contributed by atoms with Crippen LogP contribution >= 0.6 is 11.6 Å². The topological polar surface area (TPSA) is 68.7 Å². The van der Waals surface area contributed by atoms with Gasteiger partial charge < -0.3 is 14.4 Å². The van der Waals surface area contributed by atoms with Gasteiger partial charge in [0.05, 0.1) is 30.3 Å². The van der Waals surface area contributed by atoms with E-state index in [4.69, 9.17) is 21.1 Å². The lowest BCUT2D eigenvalue weighted by molar-refractivity contribution is 0.354. The molecule has 0 spiro atoms. The summed E-state index contributed by atoms with van der Waals surface area (Å²) >= 11 is 6.28. The molecule has 0 N–H and O–H groups in total. The predicted molar refractivity (Wildman–Crippen MR) is 122 cm³/mol. The molecule has 6 nitrogen and oxygen atoms in total. The zero-order valence-electron chi connectivity index (χ0n) is 17.8. The van der Waals surface area contributed by atoms with Crippen molar-refractivity contribution in [2.24, 2.45) is 5.92 Å². The van der Waals surface area contributed by atoms with E-state index in [1.54, 1.807) is 18.2 Å². The molecule has 2 heterocycles. The highest BCUT2D eigenvalue weighted by Crippen LogP contribution is 2.40. The Morgan fingerprint density at radius 1 is 1.03 bits per heavy atom. The molecule has 8 heteroatoms. The summed E-state index contributed by atoms with van der Waals surface area (Å²) in [7, 11) is -0.884. The van der Waals surface area contributed by atoms with Gasteiger partial charge in [-0.25, -0.2) is 8.42 Å². The first-order valence-corrected chi connectivity index (χ1v) is 12.0. The number of sulfone groups is 1. The SMILES string of the molecule is COc1ccc(S(=O)(=O)c2cnc3ccc(Cl)cc3c2N2CCC(C)CC2)cc1OC. The molecule has 3 aromatic rings. The van der Waals surface area contributed by atoms with Gasteiger partial charge in [0.2, 0.25) is 9.84 Å². The van der Waals surface area contributed by atoms with E-state index in [9.17, 15) is 8.42 Å². The number of aromatic nitrogens is 1. The van der Waals surface area contributed by atoms with Crippen molar-refractivity contribution in [3.8, 4) is 11.5 Å². The van der Waals surface area contributed by atoms with Gasteiger partial charge in [-0.15, -0.1) is 0 Å². The molecule has 4 rings (SSSR count).